The van der Waals surface area contributed by atoms with Gasteiger partial charge in [0.25, 0.3) is 5.91 Å². The molecule has 1 aromatic carbocycles. The summed E-state index contributed by atoms with van der Waals surface area (Å²) in [6.45, 7) is 3.28. The van der Waals surface area contributed by atoms with Gasteiger partial charge in [0.2, 0.25) is 5.13 Å². The number of hydrogen-bond donors (Lipinski definition) is 1. The van der Waals surface area contributed by atoms with Gasteiger partial charge in [-0.1, -0.05) is 22.9 Å². The number of carbonyl (C=O) groups is 1. The van der Waals surface area contributed by atoms with Gasteiger partial charge in [-0.2, -0.15) is 0 Å². The Labute approximate surface area is 192 Å². The Hall–Kier alpha value is -2.66. The Morgan fingerprint density at radius 3 is 3.00 bits per heavy atom. The van der Waals surface area contributed by atoms with Crippen molar-refractivity contribution in [3.63, 3.8) is 0 Å². The smallest absolute Gasteiger partial charge is 0.259 e. The van der Waals surface area contributed by atoms with Crippen LogP contribution in [0.2, 0.25) is 5.02 Å². The number of pyridine rings is 1. The summed E-state index contributed by atoms with van der Waals surface area (Å²) in [5.74, 6) is -0.948. The molecule has 0 spiro atoms. The Morgan fingerprint density at radius 1 is 1.41 bits per heavy atom. The highest BCUT2D eigenvalue weighted by molar-refractivity contribution is 7.15. The van der Waals surface area contributed by atoms with E-state index in [2.05, 4.69) is 20.5 Å². The average molecular weight is 479 g/mol. The second kappa shape index (κ2) is 9.86. The van der Waals surface area contributed by atoms with Gasteiger partial charge in [-0.3, -0.25) is 15.1 Å². The van der Waals surface area contributed by atoms with Gasteiger partial charge in [0.15, 0.2) is 5.82 Å². The van der Waals surface area contributed by atoms with Crippen molar-refractivity contribution in [2.24, 2.45) is 0 Å². The number of nitrogens with zero attached hydrogens (tertiary/aromatic N) is 3. The molecule has 3 heterocycles. The predicted molar refractivity (Wildman–Crippen MR) is 118 cm³/mol. The number of ether oxygens (including phenoxy) is 3. The molecule has 1 aliphatic rings. The maximum absolute atomic E-state index is 14.9. The molecule has 1 saturated heterocycles. The molecule has 1 atom stereocenters. The minimum absolute atomic E-state index is 0.0423. The van der Waals surface area contributed by atoms with E-state index in [0.717, 1.165) is 6.42 Å². The number of carbonyl (C=O) groups excluding carboxylic acids is 1. The third-order valence-corrected chi connectivity index (χ3v) is 5.95. The van der Waals surface area contributed by atoms with Crippen LogP contribution in [0.25, 0.3) is 11.1 Å². The van der Waals surface area contributed by atoms with Gasteiger partial charge in [-0.05, 0) is 31.5 Å². The molecule has 8 nitrogen and oxygen atoms in total. The summed E-state index contributed by atoms with van der Waals surface area (Å²) in [6, 6.07) is 4.55. The van der Waals surface area contributed by atoms with E-state index < -0.39 is 11.7 Å². The zero-order valence-electron chi connectivity index (χ0n) is 17.4. The Balaban J connectivity index is 1.57. The third kappa shape index (κ3) is 4.88. The number of amides is 1. The maximum Gasteiger partial charge on any atom is 0.259 e. The second-order valence-corrected chi connectivity index (χ2v) is 8.53. The molecule has 0 saturated carbocycles. The molecule has 1 fully saturated rings. The van der Waals surface area contributed by atoms with Crippen LogP contribution in [0.5, 0.6) is 5.75 Å². The number of aryl methyl sites for hydroxylation is 1. The first-order valence-electron chi connectivity index (χ1n) is 9.78. The highest BCUT2D eigenvalue weighted by atomic mass is 35.5. The zero-order chi connectivity index (χ0) is 22.7. The van der Waals surface area contributed by atoms with Crippen molar-refractivity contribution >= 4 is 34.0 Å². The molecule has 1 N–H and O–H groups in total. The molecule has 0 unspecified atom stereocenters. The molecule has 168 valence electrons. The molecule has 0 aliphatic carbocycles. The lowest BCUT2D eigenvalue weighted by atomic mass is 9.98. The van der Waals surface area contributed by atoms with Gasteiger partial charge in [0, 0.05) is 24.1 Å². The van der Waals surface area contributed by atoms with Gasteiger partial charge >= 0.3 is 0 Å². The van der Waals surface area contributed by atoms with Gasteiger partial charge in [0.1, 0.15) is 17.4 Å². The van der Waals surface area contributed by atoms with E-state index in [1.54, 1.807) is 19.1 Å². The van der Waals surface area contributed by atoms with E-state index >= 15 is 0 Å². The van der Waals surface area contributed by atoms with Crippen LogP contribution in [-0.4, -0.2) is 47.5 Å². The van der Waals surface area contributed by atoms with Crippen LogP contribution < -0.4 is 10.1 Å². The Kier molecular flexibility index (Phi) is 6.95. The fraction of sp³-hybridized carbons (Fsp3) is 0.333. The lowest BCUT2D eigenvalue weighted by Crippen LogP contribution is -2.14. The van der Waals surface area contributed by atoms with Crippen LogP contribution in [0, 0.1) is 12.7 Å². The molecule has 11 heteroatoms. The van der Waals surface area contributed by atoms with E-state index in [4.69, 9.17) is 25.8 Å². The van der Waals surface area contributed by atoms with Crippen LogP contribution in [0.3, 0.4) is 0 Å². The van der Waals surface area contributed by atoms with E-state index in [1.807, 2.05) is 0 Å². The summed E-state index contributed by atoms with van der Waals surface area (Å²) in [7, 11) is 1.42. The third-order valence-electron chi connectivity index (χ3n) is 4.85. The number of nitrogens with one attached hydrogen (secondary N) is 1. The quantitative estimate of drug-likeness (QED) is 0.541. The molecular weight excluding hydrogens is 459 g/mol. The highest BCUT2D eigenvalue weighted by Gasteiger charge is 2.23. The van der Waals surface area contributed by atoms with E-state index in [9.17, 15) is 9.18 Å². The normalized spacial score (nSPS) is 15.7. The standard InChI is InChI=1S/C21H20ClFN4O4S/c1-11-7-13(18-16(29-2)4-3-15(22)19(18)23)14(8-24-11)20(28)25-21-27-26-17(32-21)10-31-12-5-6-30-9-12/h3-4,7-8,12H,5-6,9-10H2,1-2H3,(H,25,27,28)/t12-/m0/s1. The lowest BCUT2D eigenvalue weighted by Gasteiger charge is -2.14. The summed E-state index contributed by atoms with van der Waals surface area (Å²) in [5, 5.41) is 11.6. The number of methoxy groups -OCH3 is 1. The molecule has 3 aromatic rings. The van der Waals surface area contributed by atoms with Gasteiger partial charge in [-0.15, -0.1) is 10.2 Å². The number of benzene rings is 1. The number of halogens is 2. The van der Waals surface area contributed by atoms with Gasteiger partial charge in [0.05, 0.1) is 36.0 Å². The largest absolute Gasteiger partial charge is 0.496 e. The topological polar surface area (TPSA) is 95.5 Å². The van der Waals surface area contributed by atoms with Crippen LogP contribution >= 0.6 is 22.9 Å². The van der Waals surface area contributed by atoms with Crippen molar-refractivity contribution in [2.45, 2.75) is 26.1 Å². The minimum Gasteiger partial charge on any atom is -0.496 e. The van der Waals surface area contributed by atoms with Crippen molar-refractivity contribution in [3.8, 4) is 16.9 Å². The predicted octanol–water partition coefficient (Wildman–Crippen LogP) is 4.27. The molecule has 2 aromatic heterocycles. The first-order valence-corrected chi connectivity index (χ1v) is 11.0. The highest BCUT2D eigenvalue weighted by Crippen LogP contribution is 2.38. The number of hydrogen-bond acceptors (Lipinski definition) is 8. The SMILES string of the molecule is COc1ccc(Cl)c(F)c1-c1cc(C)ncc1C(=O)Nc1nnc(CO[C@H]2CCOC2)s1. The minimum atomic E-state index is -0.683. The summed E-state index contributed by atoms with van der Waals surface area (Å²) in [6.07, 6.45) is 2.26. The number of aromatic nitrogens is 3. The summed E-state index contributed by atoms with van der Waals surface area (Å²) < 4.78 is 31.3. The van der Waals surface area contributed by atoms with Crippen molar-refractivity contribution in [2.75, 3.05) is 25.6 Å². The lowest BCUT2D eigenvalue weighted by molar-refractivity contribution is 0.0314. The monoisotopic (exact) mass is 478 g/mol. The van der Waals surface area contributed by atoms with Gasteiger partial charge in [-0.25, -0.2) is 4.39 Å². The van der Waals surface area contributed by atoms with Crippen LogP contribution in [0.1, 0.15) is 27.5 Å². The molecule has 0 bridgehead atoms. The average Bonchev–Trinajstić information content (AvgIpc) is 3.46. The first kappa shape index (κ1) is 22.5. The summed E-state index contributed by atoms with van der Waals surface area (Å²) in [5.41, 5.74) is 1.14. The van der Waals surface area contributed by atoms with Crippen LogP contribution in [0.4, 0.5) is 9.52 Å². The van der Waals surface area contributed by atoms with Crippen molar-refractivity contribution < 1.29 is 23.4 Å². The Morgan fingerprint density at radius 2 is 2.25 bits per heavy atom. The molecule has 1 aliphatic heterocycles. The van der Waals surface area contributed by atoms with Crippen molar-refractivity contribution in [1.29, 1.82) is 0 Å². The van der Waals surface area contributed by atoms with Crippen LogP contribution in [-0.2, 0) is 16.1 Å². The van der Waals surface area contributed by atoms with Crippen molar-refractivity contribution in [1.82, 2.24) is 15.2 Å². The number of anilines is 1. The maximum atomic E-state index is 14.9. The summed E-state index contributed by atoms with van der Waals surface area (Å²) >= 11 is 7.19. The molecule has 4 rings (SSSR count). The molecular formula is C21H20ClFN4O4S. The van der Waals surface area contributed by atoms with E-state index in [-0.39, 0.29) is 34.6 Å². The van der Waals surface area contributed by atoms with E-state index in [1.165, 1.54) is 30.7 Å². The van der Waals surface area contributed by atoms with E-state index in [0.29, 0.717) is 34.6 Å². The summed E-state index contributed by atoms with van der Waals surface area (Å²) in [4.78, 5) is 17.2. The molecule has 32 heavy (non-hydrogen) atoms. The van der Waals surface area contributed by atoms with Gasteiger partial charge < -0.3 is 14.2 Å². The zero-order valence-corrected chi connectivity index (χ0v) is 18.9. The number of rotatable bonds is 7. The Bertz CT molecular complexity index is 1140. The first-order chi connectivity index (χ1) is 15.5. The van der Waals surface area contributed by atoms with Crippen molar-refractivity contribution in [3.05, 3.63) is 51.5 Å². The van der Waals surface area contributed by atoms with Crippen LogP contribution in [0.15, 0.2) is 24.4 Å². The second-order valence-electron chi connectivity index (χ2n) is 7.06. The fourth-order valence-electron chi connectivity index (χ4n) is 3.26. The molecule has 0 radical (unpaired) electrons. The fourth-order valence-corrected chi connectivity index (χ4v) is 4.08. The molecule has 1 amide bonds.